The molecule has 2 amide bonds. The molecular weight excluding hydrogens is 318 g/mol. The summed E-state index contributed by atoms with van der Waals surface area (Å²) in [5.74, 6) is 0. The highest BCUT2D eigenvalue weighted by Crippen LogP contribution is 2.19. The molecule has 3 rings (SSSR count). The molecule has 2 atom stereocenters. The molecule has 0 bridgehead atoms. The molecule has 2 unspecified atom stereocenters. The van der Waals surface area contributed by atoms with E-state index in [4.69, 9.17) is 0 Å². The maximum atomic E-state index is 12.4. The van der Waals surface area contributed by atoms with Gasteiger partial charge in [-0.15, -0.1) is 0 Å². The first-order valence-electron chi connectivity index (χ1n) is 8.66. The van der Waals surface area contributed by atoms with Gasteiger partial charge in [0.25, 0.3) is 0 Å². The number of rotatable bonds is 5. The molecule has 134 valence electrons. The molecule has 25 heavy (non-hydrogen) atoms. The van der Waals surface area contributed by atoms with Gasteiger partial charge in [0.1, 0.15) is 12.7 Å². The summed E-state index contributed by atoms with van der Waals surface area (Å²) < 4.78 is 1.72. The van der Waals surface area contributed by atoms with Crippen LogP contribution in [0, 0.1) is 0 Å². The van der Waals surface area contributed by atoms with Crippen molar-refractivity contribution in [3.05, 3.63) is 42.7 Å². The predicted octanol–water partition coefficient (Wildman–Crippen LogP) is 1.15. The van der Waals surface area contributed by atoms with Crippen molar-refractivity contribution in [1.82, 2.24) is 34.9 Å². The SMILES string of the molecule is CC(Cn1cncn1)NC(=O)N1CCN(C(C)c2ccccn2)CC1. The van der Waals surface area contributed by atoms with E-state index < -0.39 is 0 Å². The van der Waals surface area contributed by atoms with E-state index in [0.29, 0.717) is 6.54 Å². The van der Waals surface area contributed by atoms with Crippen LogP contribution in [0.15, 0.2) is 37.1 Å². The molecule has 1 N–H and O–H groups in total. The Kier molecular flexibility index (Phi) is 5.60. The second kappa shape index (κ2) is 8.06. The fourth-order valence-electron chi connectivity index (χ4n) is 3.08. The van der Waals surface area contributed by atoms with Gasteiger partial charge in [0, 0.05) is 44.5 Å². The van der Waals surface area contributed by atoms with Crippen LogP contribution < -0.4 is 5.32 Å². The normalized spacial score (nSPS) is 17.9. The molecular formula is C17H25N7O. The first-order valence-corrected chi connectivity index (χ1v) is 8.66. The smallest absolute Gasteiger partial charge is 0.317 e. The minimum atomic E-state index is -0.0160. The number of urea groups is 1. The summed E-state index contributed by atoms with van der Waals surface area (Å²) in [4.78, 5) is 25.0. The lowest BCUT2D eigenvalue weighted by Crippen LogP contribution is -2.53. The van der Waals surface area contributed by atoms with Gasteiger partial charge in [-0.3, -0.25) is 14.6 Å². The third-order valence-corrected chi connectivity index (χ3v) is 4.56. The monoisotopic (exact) mass is 343 g/mol. The fourth-order valence-corrected chi connectivity index (χ4v) is 3.08. The molecule has 8 nitrogen and oxygen atoms in total. The van der Waals surface area contributed by atoms with Gasteiger partial charge < -0.3 is 10.2 Å². The zero-order valence-corrected chi connectivity index (χ0v) is 14.7. The van der Waals surface area contributed by atoms with Gasteiger partial charge in [-0.05, 0) is 26.0 Å². The van der Waals surface area contributed by atoms with Crippen molar-refractivity contribution in [3.8, 4) is 0 Å². The molecule has 0 aromatic carbocycles. The van der Waals surface area contributed by atoms with Crippen LogP contribution >= 0.6 is 0 Å². The number of carbonyl (C=O) groups is 1. The average molecular weight is 343 g/mol. The summed E-state index contributed by atoms with van der Waals surface area (Å²) in [6.07, 6.45) is 4.98. The molecule has 0 spiro atoms. The highest BCUT2D eigenvalue weighted by Gasteiger charge is 2.25. The Labute approximate surface area is 147 Å². The Balaban J connectivity index is 1.46. The Morgan fingerprint density at radius 2 is 2.04 bits per heavy atom. The van der Waals surface area contributed by atoms with Gasteiger partial charge in [-0.25, -0.2) is 9.78 Å². The summed E-state index contributed by atoms with van der Waals surface area (Å²) >= 11 is 0. The number of hydrogen-bond donors (Lipinski definition) is 1. The average Bonchev–Trinajstić information content (AvgIpc) is 3.14. The van der Waals surface area contributed by atoms with Gasteiger partial charge >= 0.3 is 6.03 Å². The van der Waals surface area contributed by atoms with E-state index in [9.17, 15) is 4.79 Å². The second-order valence-electron chi connectivity index (χ2n) is 6.42. The molecule has 8 heteroatoms. The Morgan fingerprint density at radius 3 is 2.68 bits per heavy atom. The molecule has 1 aliphatic rings. The highest BCUT2D eigenvalue weighted by molar-refractivity contribution is 5.74. The van der Waals surface area contributed by atoms with E-state index in [0.717, 1.165) is 31.9 Å². The fraction of sp³-hybridized carbons (Fsp3) is 0.529. The van der Waals surface area contributed by atoms with Crippen molar-refractivity contribution >= 4 is 6.03 Å². The first-order chi connectivity index (χ1) is 12.1. The van der Waals surface area contributed by atoms with Crippen molar-refractivity contribution in [3.63, 3.8) is 0 Å². The first kappa shape index (κ1) is 17.3. The van der Waals surface area contributed by atoms with Crippen LogP contribution in [0.5, 0.6) is 0 Å². The molecule has 3 heterocycles. The van der Waals surface area contributed by atoms with E-state index >= 15 is 0 Å². The van der Waals surface area contributed by atoms with Crippen molar-refractivity contribution < 1.29 is 4.79 Å². The number of piperazine rings is 1. The number of amides is 2. The minimum Gasteiger partial charge on any atom is -0.334 e. The molecule has 1 saturated heterocycles. The number of pyridine rings is 1. The molecule has 0 saturated carbocycles. The lowest BCUT2D eigenvalue weighted by Gasteiger charge is -2.38. The van der Waals surface area contributed by atoms with Crippen molar-refractivity contribution in [2.24, 2.45) is 0 Å². The Hall–Kier alpha value is -2.48. The van der Waals surface area contributed by atoms with E-state index in [2.05, 4.69) is 38.3 Å². The maximum absolute atomic E-state index is 12.4. The zero-order valence-electron chi connectivity index (χ0n) is 14.7. The zero-order chi connectivity index (χ0) is 17.6. The summed E-state index contributed by atoms with van der Waals surface area (Å²) in [5, 5.41) is 7.09. The third-order valence-electron chi connectivity index (χ3n) is 4.56. The standard InChI is InChI=1S/C17H25N7O/c1-14(11-24-13-18-12-20-24)21-17(25)23-9-7-22(8-10-23)15(2)16-5-3-4-6-19-16/h3-6,12-15H,7-11H2,1-2H3,(H,21,25). The Morgan fingerprint density at radius 1 is 1.24 bits per heavy atom. The number of hydrogen-bond acceptors (Lipinski definition) is 5. The van der Waals surface area contributed by atoms with Gasteiger partial charge in [0.15, 0.2) is 0 Å². The van der Waals surface area contributed by atoms with Gasteiger partial charge in [0.05, 0.1) is 12.2 Å². The number of nitrogens with zero attached hydrogens (tertiary/aromatic N) is 6. The van der Waals surface area contributed by atoms with Crippen molar-refractivity contribution in [1.29, 1.82) is 0 Å². The van der Waals surface area contributed by atoms with Gasteiger partial charge in [-0.2, -0.15) is 5.10 Å². The van der Waals surface area contributed by atoms with E-state index in [-0.39, 0.29) is 18.1 Å². The number of nitrogens with one attached hydrogen (secondary N) is 1. The van der Waals surface area contributed by atoms with E-state index in [1.165, 1.54) is 6.33 Å². The van der Waals surface area contributed by atoms with Crippen LogP contribution in [0.2, 0.25) is 0 Å². The summed E-state index contributed by atoms with van der Waals surface area (Å²) in [6, 6.07) is 6.24. The minimum absolute atomic E-state index is 0.000304. The van der Waals surface area contributed by atoms with E-state index in [1.54, 1.807) is 11.0 Å². The van der Waals surface area contributed by atoms with Crippen LogP contribution in [0.3, 0.4) is 0 Å². The molecule has 0 aliphatic carbocycles. The topological polar surface area (TPSA) is 79.2 Å². The Bertz CT molecular complexity index is 653. The predicted molar refractivity (Wildman–Crippen MR) is 93.8 cm³/mol. The number of carbonyl (C=O) groups excluding carboxylic acids is 1. The molecule has 2 aromatic heterocycles. The number of aromatic nitrogens is 4. The lowest BCUT2D eigenvalue weighted by atomic mass is 10.1. The summed E-state index contributed by atoms with van der Waals surface area (Å²) in [7, 11) is 0. The molecule has 1 aliphatic heterocycles. The van der Waals surface area contributed by atoms with Gasteiger partial charge in [-0.1, -0.05) is 6.07 Å². The summed E-state index contributed by atoms with van der Waals surface area (Å²) in [6.45, 7) is 7.89. The maximum Gasteiger partial charge on any atom is 0.317 e. The second-order valence-corrected chi connectivity index (χ2v) is 6.42. The highest BCUT2D eigenvalue weighted by atomic mass is 16.2. The van der Waals surface area contributed by atoms with Gasteiger partial charge in [0.2, 0.25) is 0 Å². The van der Waals surface area contributed by atoms with Crippen LogP contribution in [-0.4, -0.2) is 67.8 Å². The summed E-state index contributed by atoms with van der Waals surface area (Å²) in [5.41, 5.74) is 1.07. The van der Waals surface area contributed by atoms with Crippen molar-refractivity contribution in [2.75, 3.05) is 26.2 Å². The van der Waals surface area contributed by atoms with Crippen LogP contribution in [-0.2, 0) is 6.54 Å². The van der Waals surface area contributed by atoms with Crippen LogP contribution in [0.25, 0.3) is 0 Å². The van der Waals surface area contributed by atoms with E-state index in [1.807, 2.05) is 30.2 Å². The largest absolute Gasteiger partial charge is 0.334 e. The lowest BCUT2D eigenvalue weighted by molar-refractivity contribution is 0.111. The quantitative estimate of drug-likeness (QED) is 0.881. The van der Waals surface area contributed by atoms with Crippen molar-refractivity contribution in [2.45, 2.75) is 32.5 Å². The molecule has 1 fully saturated rings. The molecule has 0 radical (unpaired) electrons. The van der Waals surface area contributed by atoms with Crippen LogP contribution in [0.1, 0.15) is 25.6 Å². The molecule has 2 aromatic rings. The van der Waals surface area contributed by atoms with Crippen LogP contribution in [0.4, 0.5) is 4.79 Å². The third kappa shape index (κ3) is 4.54.